The molecule has 0 fully saturated rings. The van der Waals surface area contributed by atoms with E-state index >= 15 is 0 Å². The second-order valence-electron chi connectivity index (χ2n) is 6.51. The van der Waals surface area contributed by atoms with Crippen LogP contribution in [0.2, 0.25) is 0 Å². The van der Waals surface area contributed by atoms with Gasteiger partial charge in [-0.1, -0.05) is 24.3 Å². The minimum Gasteiger partial charge on any atom is -0.448 e. The first kappa shape index (κ1) is 19.1. The molecule has 1 aliphatic rings. The van der Waals surface area contributed by atoms with Gasteiger partial charge in [0.25, 0.3) is 5.91 Å². The summed E-state index contributed by atoms with van der Waals surface area (Å²) in [5.74, 6) is -1.05. The van der Waals surface area contributed by atoms with Crippen molar-refractivity contribution in [2.45, 2.75) is 24.3 Å². The Balaban J connectivity index is 1.82. The fraction of sp³-hybridized carbons (Fsp3) is 0.263. The summed E-state index contributed by atoms with van der Waals surface area (Å²) in [4.78, 5) is 24.7. The van der Waals surface area contributed by atoms with Crippen LogP contribution in [-0.2, 0) is 26.0 Å². The first-order valence-electron chi connectivity index (χ1n) is 8.33. The summed E-state index contributed by atoms with van der Waals surface area (Å²) in [5.41, 5.74) is 2.09. The van der Waals surface area contributed by atoms with Gasteiger partial charge in [-0.25, -0.2) is 17.5 Å². The van der Waals surface area contributed by atoms with Crippen molar-refractivity contribution >= 4 is 27.6 Å². The van der Waals surface area contributed by atoms with E-state index in [1.54, 1.807) is 43.3 Å². The summed E-state index contributed by atoms with van der Waals surface area (Å²) in [6.07, 6.45) is -0.703. The van der Waals surface area contributed by atoms with E-state index in [1.807, 2.05) is 0 Å². The number of ether oxygens (including phenoxy) is 1. The Hall–Kier alpha value is -2.71. The van der Waals surface area contributed by atoms with Gasteiger partial charge in [0.1, 0.15) is 0 Å². The van der Waals surface area contributed by atoms with Crippen LogP contribution in [0.25, 0.3) is 0 Å². The SMILES string of the molecule is Cc1ccc(NC(=O)C2Cc3ccccc3C(=O)O2)cc1S(=O)(=O)N(C)C. The predicted molar refractivity (Wildman–Crippen MR) is 100 cm³/mol. The van der Waals surface area contributed by atoms with E-state index in [2.05, 4.69) is 5.32 Å². The monoisotopic (exact) mass is 388 g/mol. The van der Waals surface area contributed by atoms with E-state index < -0.39 is 28.0 Å². The van der Waals surface area contributed by atoms with Crippen molar-refractivity contribution in [1.82, 2.24) is 4.31 Å². The van der Waals surface area contributed by atoms with Crippen molar-refractivity contribution in [1.29, 1.82) is 0 Å². The summed E-state index contributed by atoms with van der Waals surface area (Å²) < 4.78 is 31.2. The van der Waals surface area contributed by atoms with Gasteiger partial charge in [-0.05, 0) is 36.2 Å². The number of aryl methyl sites for hydroxylation is 1. The number of anilines is 1. The Morgan fingerprint density at radius 3 is 2.59 bits per heavy atom. The van der Waals surface area contributed by atoms with Gasteiger partial charge < -0.3 is 10.1 Å². The third kappa shape index (κ3) is 3.72. The molecule has 27 heavy (non-hydrogen) atoms. The maximum absolute atomic E-state index is 12.6. The second kappa shape index (κ2) is 7.13. The molecule has 8 heteroatoms. The summed E-state index contributed by atoms with van der Waals surface area (Å²) >= 11 is 0. The maximum atomic E-state index is 12.6. The van der Waals surface area contributed by atoms with Crippen LogP contribution in [-0.4, -0.2) is 44.8 Å². The number of amides is 1. The predicted octanol–water partition coefficient (Wildman–Crippen LogP) is 1.97. The lowest BCUT2D eigenvalue weighted by Crippen LogP contribution is -2.38. The van der Waals surface area contributed by atoms with Crippen LogP contribution < -0.4 is 5.32 Å². The van der Waals surface area contributed by atoms with E-state index in [0.717, 1.165) is 9.87 Å². The number of esters is 1. The molecule has 1 aliphatic heterocycles. The van der Waals surface area contributed by atoms with Crippen molar-refractivity contribution in [3.05, 3.63) is 59.2 Å². The van der Waals surface area contributed by atoms with Crippen molar-refractivity contribution in [3.63, 3.8) is 0 Å². The Labute approximate surface area is 158 Å². The minimum absolute atomic E-state index is 0.108. The number of hydrogen-bond donors (Lipinski definition) is 1. The van der Waals surface area contributed by atoms with Crippen molar-refractivity contribution in [2.24, 2.45) is 0 Å². The van der Waals surface area contributed by atoms with Crippen LogP contribution in [0, 0.1) is 6.92 Å². The molecule has 142 valence electrons. The second-order valence-corrected chi connectivity index (χ2v) is 8.63. The number of sulfonamides is 1. The van der Waals surface area contributed by atoms with Crippen LogP contribution >= 0.6 is 0 Å². The lowest BCUT2D eigenvalue weighted by molar-refractivity contribution is -0.125. The zero-order valence-corrected chi connectivity index (χ0v) is 16.0. The Morgan fingerprint density at radius 1 is 1.19 bits per heavy atom. The summed E-state index contributed by atoms with van der Waals surface area (Å²) in [5, 5.41) is 2.64. The molecule has 2 aromatic rings. The third-order valence-corrected chi connectivity index (χ3v) is 6.36. The first-order valence-corrected chi connectivity index (χ1v) is 9.77. The van der Waals surface area contributed by atoms with E-state index in [1.165, 1.54) is 20.2 Å². The molecular formula is C19H20N2O5S. The van der Waals surface area contributed by atoms with Crippen LogP contribution in [0.3, 0.4) is 0 Å². The van der Waals surface area contributed by atoms with Crippen molar-refractivity contribution < 1.29 is 22.7 Å². The number of nitrogens with one attached hydrogen (secondary N) is 1. The molecule has 3 rings (SSSR count). The normalized spacial score (nSPS) is 16.6. The summed E-state index contributed by atoms with van der Waals surface area (Å²) in [6, 6.07) is 11.6. The number of rotatable bonds is 4. The smallest absolute Gasteiger partial charge is 0.339 e. The number of carbonyl (C=O) groups excluding carboxylic acids is 2. The van der Waals surface area contributed by atoms with Gasteiger partial charge in [-0.2, -0.15) is 0 Å². The largest absolute Gasteiger partial charge is 0.448 e. The fourth-order valence-electron chi connectivity index (χ4n) is 2.85. The highest BCUT2D eigenvalue weighted by Crippen LogP contribution is 2.24. The van der Waals surface area contributed by atoms with Crippen LogP contribution in [0.1, 0.15) is 21.5 Å². The van der Waals surface area contributed by atoms with E-state index in [-0.39, 0.29) is 11.3 Å². The molecule has 0 bridgehead atoms. The lowest BCUT2D eigenvalue weighted by Gasteiger charge is -2.24. The Bertz CT molecular complexity index is 1010. The Morgan fingerprint density at radius 2 is 1.89 bits per heavy atom. The number of nitrogens with zero attached hydrogens (tertiary/aromatic N) is 1. The van der Waals surface area contributed by atoms with Gasteiger partial charge in [0.15, 0.2) is 6.10 Å². The third-order valence-electron chi connectivity index (χ3n) is 4.40. The molecule has 1 heterocycles. The quantitative estimate of drug-likeness (QED) is 0.809. The molecule has 0 saturated heterocycles. The number of hydrogen-bond acceptors (Lipinski definition) is 5. The Kier molecular flexibility index (Phi) is 5.03. The molecule has 0 saturated carbocycles. The van der Waals surface area contributed by atoms with Crippen molar-refractivity contribution in [2.75, 3.05) is 19.4 Å². The highest BCUT2D eigenvalue weighted by atomic mass is 32.2. The lowest BCUT2D eigenvalue weighted by atomic mass is 9.98. The molecule has 7 nitrogen and oxygen atoms in total. The van der Waals surface area contributed by atoms with Gasteiger partial charge in [0.2, 0.25) is 10.0 Å². The van der Waals surface area contributed by atoms with Gasteiger partial charge in [-0.15, -0.1) is 0 Å². The van der Waals surface area contributed by atoms with Crippen LogP contribution in [0.5, 0.6) is 0 Å². The molecule has 1 amide bonds. The standard InChI is InChI=1S/C19H20N2O5S/c1-12-8-9-14(11-17(12)27(24,25)21(2)3)20-18(22)16-10-13-6-4-5-7-15(13)19(23)26-16/h4-9,11,16H,10H2,1-3H3,(H,20,22). The van der Waals surface area contributed by atoms with Crippen LogP contribution in [0.15, 0.2) is 47.4 Å². The molecule has 2 aromatic carbocycles. The summed E-state index contributed by atoms with van der Waals surface area (Å²) in [7, 11) is -0.756. The highest BCUT2D eigenvalue weighted by molar-refractivity contribution is 7.89. The fourth-order valence-corrected chi connectivity index (χ4v) is 4.00. The molecule has 1 N–H and O–H groups in total. The van der Waals surface area contributed by atoms with E-state index in [0.29, 0.717) is 16.8 Å². The molecule has 0 radical (unpaired) electrons. The average Bonchev–Trinajstić information content (AvgIpc) is 2.63. The number of cyclic esters (lactones) is 1. The maximum Gasteiger partial charge on any atom is 0.339 e. The summed E-state index contributed by atoms with van der Waals surface area (Å²) in [6.45, 7) is 1.68. The molecule has 0 aliphatic carbocycles. The highest BCUT2D eigenvalue weighted by Gasteiger charge is 2.31. The molecule has 1 unspecified atom stereocenters. The van der Waals surface area contributed by atoms with Gasteiger partial charge >= 0.3 is 5.97 Å². The average molecular weight is 388 g/mol. The van der Waals surface area contributed by atoms with E-state index in [9.17, 15) is 18.0 Å². The number of carbonyl (C=O) groups is 2. The van der Waals surface area contributed by atoms with Gasteiger partial charge in [0, 0.05) is 26.2 Å². The molecule has 0 aromatic heterocycles. The van der Waals surface area contributed by atoms with Crippen molar-refractivity contribution in [3.8, 4) is 0 Å². The zero-order chi connectivity index (χ0) is 19.8. The minimum atomic E-state index is -3.64. The number of benzene rings is 2. The van der Waals surface area contributed by atoms with Crippen LogP contribution in [0.4, 0.5) is 5.69 Å². The zero-order valence-electron chi connectivity index (χ0n) is 15.2. The number of fused-ring (bicyclic) bond motifs is 1. The molecule has 0 spiro atoms. The topological polar surface area (TPSA) is 92.8 Å². The molecule has 1 atom stereocenters. The van der Waals surface area contributed by atoms with Gasteiger partial charge in [0.05, 0.1) is 10.5 Å². The van der Waals surface area contributed by atoms with E-state index in [4.69, 9.17) is 4.74 Å². The molecular weight excluding hydrogens is 368 g/mol. The first-order chi connectivity index (χ1) is 12.7. The van der Waals surface area contributed by atoms with Gasteiger partial charge in [-0.3, -0.25) is 4.79 Å².